The van der Waals surface area contributed by atoms with Crippen molar-refractivity contribution >= 4 is 22.7 Å². The third-order valence-corrected chi connectivity index (χ3v) is 4.13. The van der Waals surface area contributed by atoms with Crippen LogP contribution in [-0.2, 0) is 0 Å². The molecule has 0 amide bonds. The van der Waals surface area contributed by atoms with Crippen molar-refractivity contribution in [1.82, 2.24) is 0 Å². The maximum Gasteiger partial charge on any atom is 0.275 e. The van der Waals surface area contributed by atoms with Crippen LogP contribution in [0.15, 0.2) is 35.7 Å². The van der Waals surface area contributed by atoms with E-state index in [9.17, 15) is 10.1 Å². The number of thiophene rings is 1. The molecule has 112 valence electrons. The number of anilines is 1. The highest BCUT2D eigenvalue weighted by atomic mass is 32.1. The maximum absolute atomic E-state index is 11.0. The summed E-state index contributed by atoms with van der Waals surface area (Å²) in [6, 6.07) is 8.99. The summed E-state index contributed by atoms with van der Waals surface area (Å²) in [6.07, 6.45) is 1.99. The standard InChI is InChI=1S/C15H18N2O3S/c1-3-5-14(15-6-4-7-21-15)16-11-8-12(17(18)19)10-13(9-11)20-2/h4,6-10,14,16H,3,5H2,1-2H3. The summed E-state index contributed by atoms with van der Waals surface area (Å²) >= 11 is 1.68. The zero-order valence-corrected chi connectivity index (χ0v) is 12.9. The second-order valence-electron chi connectivity index (χ2n) is 4.68. The molecule has 0 fully saturated rings. The lowest BCUT2D eigenvalue weighted by Crippen LogP contribution is -2.09. The topological polar surface area (TPSA) is 64.4 Å². The first-order chi connectivity index (χ1) is 10.1. The van der Waals surface area contributed by atoms with E-state index in [-0.39, 0.29) is 11.7 Å². The normalized spacial score (nSPS) is 11.9. The Labute approximate surface area is 127 Å². The molecule has 0 aliphatic rings. The van der Waals surface area contributed by atoms with Gasteiger partial charge < -0.3 is 10.1 Å². The fraction of sp³-hybridized carbons (Fsp3) is 0.333. The van der Waals surface area contributed by atoms with Crippen molar-refractivity contribution in [3.8, 4) is 5.75 Å². The Balaban J connectivity index is 2.27. The van der Waals surface area contributed by atoms with Crippen molar-refractivity contribution in [1.29, 1.82) is 0 Å². The van der Waals surface area contributed by atoms with Crippen LogP contribution in [0.1, 0.15) is 30.7 Å². The van der Waals surface area contributed by atoms with Gasteiger partial charge in [0, 0.05) is 22.7 Å². The summed E-state index contributed by atoms with van der Waals surface area (Å²) in [5.74, 6) is 0.480. The van der Waals surface area contributed by atoms with Crippen molar-refractivity contribution in [2.24, 2.45) is 0 Å². The van der Waals surface area contributed by atoms with Crippen molar-refractivity contribution < 1.29 is 9.66 Å². The van der Waals surface area contributed by atoms with Crippen LogP contribution >= 0.6 is 11.3 Å². The molecule has 2 aromatic rings. The van der Waals surface area contributed by atoms with Gasteiger partial charge in [-0.3, -0.25) is 10.1 Å². The molecule has 1 unspecified atom stereocenters. The first kappa shape index (κ1) is 15.3. The minimum atomic E-state index is -0.409. The van der Waals surface area contributed by atoms with E-state index < -0.39 is 4.92 Å². The number of benzene rings is 1. The number of ether oxygens (including phenoxy) is 1. The van der Waals surface area contributed by atoms with Crippen LogP contribution in [0.3, 0.4) is 0 Å². The minimum Gasteiger partial charge on any atom is -0.496 e. The van der Waals surface area contributed by atoms with Crippen LogP contribution in [0, 0.1) is 10.1 Å². The molecule has 0 saturated carbocycles. The molecular formula is C15H18N2O3S. The number of hydrogen-bond acceptors (Lipinski definition) is 5. The Morgan fingerprint density at radius 2 is 2.24 bits per heavy atom. The third kappa shape index (κ3) is 3.95. The SMILES string of the molecule is CCCC(Nc1cc(OC)cc([N+](=O)[O-])c1)c1cccs1. The smallest absolute Gasteiger partial charge is 0.275 e. The first-order valence-electron chi connectivity index (χ1n) is 6.77. The first-order valence-corrected chi connectivity index (χ1v) is 7.65. The molecule has 1 heterocycles. The number of nitrogens with zero attached hydrogens (tertiary/aromatic N) is 1. The molecular weight excluding hydrogens is 288 g/mol. The Bertz CT molecular complexity index is 599. The lowest BCUT2D eigenvalue weighted by atomic mass is 10.1. The molecule has 5 nitrogen and oxygen atoms in total. The Kier molecular flexibility index (Phi) is 5.16. The number of nitro benzene ring substituents is 1. The van der Waals surface area contributed by atoms with Crippen molar-refractivity contribution in [2.75, 3.05) is 12.4 Å². The van der Waals surface area contributed by atoms with E-state index in [0.717, 1.165) is 12.8 Å². The number of rotatable bonds is 7. The average molecular weight is 306 g/mol. The molecule has 6 heteroatoms. The van der Waals surface area contributed by atoms with Gasteiger partial charge in [-0.05, 0) is 17.9 Å². The minimum absolute atomic E-state index is 0.0262. The summed E-state index contributed by atoms with van der Waals surface area (Å²) < 4.78 is 5.14. The third-order valence-electron chi connectivity index (χ3n) is 3.14. The highest BCUT2D eigenvalue weighted by Crippen LogP contribution is 2.31. The molecule has 0 radical (unpaired) electrons. The number of nitro groups is 1. The van der Waals surface area contributed by atoms with Crippen LogP contribution in [0.4, 0.5) is 11.4 Å². The number of nitrogens with one attached hydrogen (secondary N) is 1. The van der Waals surface area contributed by atoms with Gasteiger partial charge in [-0.1, -0.05) is 19.4 Å². The fourth-order valence-electron chi connectivity index (χ4n) is 2.15. The molecule has 0 bridgehead atoms. The molecule has 1 aromatic carbocycles. The van der Waals surface area contributed by atoms with E-state index in [1.807, 2.05) is 11.4 Å². The maximum atomic E-state index is 11.0. The molecule has 1 N–H and O–H groups in total. The second kappa shape index (κ2) is 7.08. The van der Waals surface area contributed by atoms with E-state index in [2.05, 4.69) is 18.3 Å². The van der Waals surface area contributed by atoms with Crippen LogP contribution in [0.5, 0.6) is 5.75 Å². The largest absolute Gasteiger partial charge is 0.496 e. The summed E-state index contributed by atoms with van der Waals surface area (Å²) in [6.45, 7) is 2.12. The van der Waals surface area contributed by atoms with Gasteiger partial charge in [-0.2, -0.15) is 0 Å². The Hall–Kier alpha value is -2.08. The number of hydrogen-bond donors (Lipinski definition) is 1. The van der Waals surface area contributed by atoms with Gasteiger partial charge in [0.15, 0.2) is 0 Å². The van der Waals surface area contributed by atoms with E-state index in [4.69, 9.17) is 4.74 Å². The Morgan fingerprint density at radius 1 is 1.43 bits per heavy atom. The van der Waals surface area contributed by atoms with Crippen LogP contribution in [0.25, 0.3) is 0 Å². The molecule has 21 heavy (non-hydrogen) atoms. The molecule has 0 aliphatic heterocycles. The molecule has 0 saturated heterocycles. The van der Waals surface area contributed by atoms with Crippen molar-refractivity contribution in [3.63, 3.8) is 0 Å². The number of methoxy groups -OCH3 is 1. The highest BCUT2D eigenvalue weighted by Gasteiger charge is 2.15. The molecule has 0 spiro atoms. The zero-order valence-electron chi connectivity index (χ0n) is 12.0. The van der Waals surface area contributed by atoms with Gasteiger partial charge in [-0.25, -0.2) is 0 Å². The van der Waals surface area contributed by atoms with Gasteiger partial charge in [0.05, 0.1) is 24.1 Å². The highest BCUT2D eigenvalue weighted by molar-refractivity contribution is 7.10. The van der Waals surface area contributed by atoms with E-state index in [1.54, 1.807) is 23.5 Å². The summed E-state index contributed by atoms with van der Waals surface area (Å²) in [5.41, 5.74) is 0.728. The van der Waals surface area contributed by atoms with Gasteiger partial charge in [0.1, 0.15) is 5.75 Å². The lowest BCUT2D eigenvalue weighted by Gasteiger charge is -2.18. The quantitative estimate of drug-likeness (QED) is 0.599. The second-order valence-corrected chi connectivity index (χ2v) is 5.66. The predicted octanol–water partition coefficient (Wildman–Crippen LogP) is 4.62. The van der Waals surface area contributed by atoms with Crippen molar-refractivity contribution in [2.45, 2.75) is 25.8 Å². The Morgan fingerprint density at radius 3 is 2.81 bits per heavy atom. The van der Waals surface area contributed by atoms with Crippen LogP contribution in [-0.4, -0.2) is 12.0 Å². The van der Waals surface area contributed by atoms with E-state index in [1.165, 1.54) is 18.1 Å². The molecule has 1 atom stereocenters. The fourth-order valence-corrected chi connectivity index (χ4v) is 2.97. The van der Waals surface area contributed by atoms with Crippen LogP contribution < -0.4 is 10.1 Å². The van der Waals surface area contributed by atoms with E-state index in [0.29, 0.717) is 11.4 Å². The summed E-state index contributed by atoms with van der Waals surface area (Å²) in [7, 11) is 1.51. The van der Waals surface area contributed by atoms with Gasteiger partial charge in [-0.15, -0.1) is 11.3 Å². The average Bonchev–Trinajstić information content (AvgIpc) is 3.00. The monoisotopic (exact) mass is 306 g/mol. The van der Waals surface area contributed by atoms with E-state index >= 15 is 0 Å². The van der Waals surface area contributed by atoms with Gasteiger partial charge in [0.25, 0.3) is 5.69 Å². The number of non-ortho nitro benzene ring substituents is 1. The molecule has 0 aliphatic carbocycles. The van der Waals surface area contributed by atoms with Gasteiger partial charge >= 0.3 is 0 Å². The molecule has 2 rings (SSSR count). The lowest BCUT2D eigenvalue weighted by molar-refractivity contribution is -0.384. The summed E-state index contributed by atoms with van der Waals surface area (Å²) in [4.78, 5) is 11.8. The van der Waals surface area contributed by atoms with Crippen LogP contribution in [0.2, 0.25) is 0 Å². The molecule has 1 aromatic heterocycles. The summed E-state index contributed by atoms with van der Waals surface area (Å²) in [5, 5.41) is 16.4. The van der Waals surface area contributed by atoms with Gasteiger partial charge in [0.2, 0.25) is 0 Å². The predicted molar refractivity (Wildman–Crippen MR) is 85.2 cm³/mol. The van der Waals surface area contributed by atoms with Crippen molar-refractivity contribution in [3.05, 3.63) is 50.7 Å². The zero-order chi connectivity index (χ0) is 15.2.